The third kappa shape index (κ3) is 5.13. The van der Waals surface area contributed by atoms with Crippen molar-refractivity contribution < 1.29 is 0 Å². The SMILES string of the molecule is c1ccc(-c2ccc3c(c2)c2ccccc2n3-c2ccc3c4ccccc4c4c(-c5nc(-c6ccccc6)cc(-c6ccccc6)n5)cccc4c3c2)cc1. The zero-order valence-corrected chi connectivity index (χ0v) is 29.9. The molecule has 11 rings (SSSR count). The fourth-order valence-corrected chi connectivity index (χ4v) is 8.46. The minimum absolute atomic E-state index is 0.711. The molecule has 0 saturated carbocycles. The molecule has 0 bridgehead atoms. The van der Waals surface area contributed by atoms with Crippen LogP contribution in [0, 0.1) is 0 Å². The van der Waals surface area contributed by atoms with Crippen molar-refractivity contribution in [2.45, 2.75) is 0 Å². The van der Waals surface area contributed by atoms with E-state index >= 15 is 0 Å². The summed E-state index contributed by atoms with van der Waals surface area (Å²) in [5.41, 5.74) is 10.9. The van der Waals surface area contributed by atoms with E-state index in [1.54, 1.807) is 0 Å². The van der Waals surface area contributed by atoms with Crippen molar-refractivity contribution in [1.82, 2.24) is 14.5 Å². The van der Waals surface area contributed by atoms with Crippen molar-refractivity contribution in [3.63, 3.8) is 0 Å². The Morgan fingerprint density at radius 1 is 0.309 bits per heavy atom. The normalized spacial score (nSPS) is 11.6. The molecule has 0 atom stereocenters. The lowest BCUT2D eigenvalue weighted by Gasteiger charge is -2.16. The van der Waals surface area contributed by atoms with E-state index in [1.165, 1.54) is 59.9 Å². The average molecular weight is 700 g/mol. The van der Waals surface area contributed by atoms with E-state index in [0.717, 1.165) is 39.2 Å². The molecule has 3 nitrogen and oxygen atoms in total. The molecular weight excluding hydrogens is 667 g/mol. The third-order valence-electron chi connectivity index (χ3n) is 11.0. The van der Waals surface area contributed by atoms with Crippen molar-refractivity contribution in [1.29, 1.82) is 0 Å². The summed E-state index contributed by atoms with van der Waals surface area (Å²) in [5, 5.41) is 9.63. The zero-order valence-electron chi connectivity index (χ0n) is 29.9. The lowest BCUT2D eigenvalue weighted by Crippen LogP contribution is -1.97. The molecule has 9 aromatic carbocycles. The molecule has 0 aliphatic heterocycles. The minimum Gasteiger partial charge on any atom is -0.309 e. The summed E-state index contributed by atoms with van der Waals surface area (Å²) in [6, 6.07) is 71.5. The topological polar surface area (TPSA) is 30.7 Å². The van der Waals surface area contributed by atoms with E-state index in [1.807, 2.05) is 12.1 Å². The van der Waals surface area contributed by atoms with Crippen molar-refractivity contribution in [2.75, 3.05) is 0 Å². The highest BCUT2D eigenvalue weighted by atomic mass is 15.0. The van der Waals surface area contributed by atoms with Crippen LogP contribution in [0.25, 0.3) is 105 Å². The first-order chi connectivity index (χ1) is 27.3. The molecule has 0 saturated heterocycles. The molecule has 0 aliphatic rings. The van der Waals surface area contributed by atoms with Crippen LogP contribution in [0.3, 0.4) is 0 Å². The predicted octanol–water partition coefficient (Wildman–Crippen LogP) is 13.7. The number of benzene rings is 9. The summed E-state index contributed by atoms with van der Waals surface area (Å²) in [7, 11) is 0. The van der Waals surface area contributed by atoms with Gasteiger partial charge in [0.1, 0.15) is 0 Å². The van der Waals surface area contributed by atoms with E-state index in [9.17, 15) is 0 Å². The van der Waals surface area contributed by atoms with E-state index in [-0.39, 0.29) is 0 Å². The molecule has 3 heteroatoms. The summed E-state index contributed by atoms with van der Waals surface area (Å²) in [6.45, 7) is 0. The van der Waals surface area contributed by atoms with Gasteiger partial charge < -0.3 is 4.57 Å². The second-order valence-corrected chi connectivity index (χ2v) is 14.1. The monoisotopic (exact) mass is 699 g/mol. The van der Waals surface area contributed by atoms with Gasteiger partial charge in [-0.1, -0.05) is 164 Å². The molecule has 0 N–H and O–H groups in total. The summed E-state index contributed by atoms with van der Waals surface area (Å²) < 4.78 is 2.42. The molecule has 55 heavy (non-hydrogen) atoms. The first-order valence-electron chi connectivity index (χ1n) is 18.7. The summed E-state index contributed by atoms with van der Waals surface area (Å²) in [5.74, 6) is 0.711. The van der Waals surface area contributed by atoms with E-state index in [4.69, 9.17) is 9.97 Å². The van der Waals surface area contributed by atoms with Crippen LogP contribution in [0.4, 0.5) is 0 Å². The van der Waals surface area contributed by atoms with Crippen LogP contribution in [0.1, 0.15) is 0 Å². The number of fused-ring (bicyclic) bond motifs is 9. The van der Waals surface area contributed by atoms with Gasteiger partial charge in [0.25, 0.3) is 0 Å². The summed E-state index contributed by atoms with van der Waals surface area (Å²) in [6.07, 6.45) is 0. The van der Waals surface area contributed by atoms with E-state index in [0.29, 0.717) is 5.82 Å². The van der Waals surface area contributed by atoms with Gasteiger partial charge in [-0.05, 0) is 74.5 Å². The van der Waals surface area contributed by atoms with Crippen molar-refractivity contribution in [2.24, 2.45) is 0 Å². The standard InChI is InChI=1S/C52H33N3/c1-4-15-34(16-5-1)37-27-30-50-46(31-37)41-22-12-13-26-49(41)55(50)38-28-29-40-39-21-10-11-23-42(39)51-43(45(40)32-38)24-14-25-44(51)52-53-47(35-17-6-2-7-18-35)33-48(54-52)36-19-8-3-9-20-36/h1-33H. The Morgan fingerprint density at radius 3 is 1.56 bits per heavy atom. The molecule has 0 unspecified atom stereocenters. The molecule has 2 heterocycles. The fourth-order valence-electron chi connectivity index (χ4n) is 8.46. The molecule has 11 aromatic rings. The Kier molecular flexibility index (Phi) is 7.17. The molecule has 0 amide bonds. The number of para-hydroxylation sites is 1. The van der Waals surface area contributed by atoms with Gasteiger partial charge in [-0.15, -0.1) is 0 Å². The van der Waals surface area contributed by atoms with Crippen LogP contribution in [-0.2, 0) is 0 Å². The largest absolute Gasteiger partial charge is 0.309 e. The van der Waals surface area contributed by atoms with Gasteiger partial charge in [-0.3, -0.25) is 0 Å². The van der Waals surface area contributed by atoms with Gasteiger partial charge in [0, 0.05) is 38.5 Å². The van der Waals surface area contributed by atoms with Gasteiger partial charge in [0.2, 0.25) is 0 Å². The van der Waals surface area contributed by atoms with Crippen molar-refractivity contribution in [3.05, 3.63) is 200 Å². The molecule has 0 fully saturated rings. The second kappa shape index (κ2) is 12.6. The van der Waals surface area contributed by atoms with Gasteiger partial charge >= 0.3 is 0 Å². The van der Waals surface area contributed by atoms with Crippen molar-refractivity contribution in [3.8, 4) is 50.7 Å². The van der Waals surface area contributed by atoms with Crippen LogP contribution in [0.5, 0.6) is 0 Å². The lowest BCUT2D eigenvalue weighted by atomic mass is 9.91. The summed E-state index contributed by atoms with van der Waals surface area (Å²) >= 11 is 0. The Bertz CT molecular complexity index is 3180. The Balaban J connectivity index is 1.18. The van der Waals surface area contributed by atoms with E-state index < -0.39 is 0 Å². The third-order valence-corrected chi connectivity index (χ3v) is 11.0. The Hall–Kier alpha value is -7.36. The van der Waals surface area contributed by atoms with Gasteiger partial charge in [0.05, 0.1) is 22.4 Å². The average Bonchev–Trinajstić information content (AvgIpc) is 3.60. The summed E-state index contributed by atoms with van der Waals surface area (Å²) in [4.78, 5) is 10.6. The molecule has 2 aromatic heterocycles. The maximum atomic E-state index is 5.28. The first kappa shape index (κ1) is 31.2. The highest BCUT2D eigenvalue weighted by Crippen LogP contribution is 2.42. The number of hydrogen-bond donors (Lipinski definition) is 0. The number of rotatable bonds is 5. The highest BCUT2D eigenvalue weighted by Gasteiger charge is 2.19. The first-order valence-corrected chi connectivity index (χ1v) is 18.7. The zero-order chi connectivity index (χ0) is 36.3. The predicted molar refractivity (Wildman–Crippen MR) is 231 cm³/mol. The smallest absolute Gasteiger partial charge is 0.161 e. The second-order valence-electron chi connectivity index (χ2n) is 14.1. The lowest BCUT2D eigenvalue weighted by molar-refractivity contribution is 1.19. The number of aromatic nitrogens is 3. The van der Waals surface area contributed by atoms with Crippen LogP contribution in [-0.4, -0.2) is 14.5 Å². The maximum Gasteiger partial charge on any atom is 0.161 e. The van der Waals surface area contributed by atoms with Gasteiger partial charge in [0.15, 0.2) is 5.82 Å². The number of nitrogens with zero attached hydrogens (tertiary/aromatic N) is 3. The molecule has 0 radical (unpaired) electrons. The van der Waals surface area contributed by atoms with Crippen LogP contribution in [0.2, 0.25) is 0 Å². The molecule has 0 aliphatic carbocycles. The molecule has 0 spiro atoms. The Morgan fingerprint density at radius 2 is 0.855 bits per heavy atom. The molecule has 256 valence electrons. The fraction of sp³-hybridized carbons (Fsp3) is 0. The van der Waals surface area contributed by atoms with E-state index in [2.05, 4.69) is 193 Å². The maximum absolute atomic E-state index is 5.28. The minimum atomic E-state index is 0.711. The highest BCUT2D eigenvalue weighted by molar-refractivity contribution is 6.28. The Labute approximate surface area is 318 Å². The number of hydrogen-bond acceptors (Lipinski definition) is 2. The molecular formula is C52H33N3. The van der Waals surface area contributed by atoms with Crippen LogP contribution in [0.15, 0.2) is 200 Å². The van der Waals surface area contributed by atoms with Crippen LogP contribution < -0.4 is 0 Å². The van der Waals surface area contributed by atoms with Gasteiger partial charge in [-0.25, -0.2) is 9.97 Å². The van der Waals surface area contributed by atoms with Crippen molar-refractivity contribution >= 4 is 54.1 Å². The van der Waals surface area contributed by atoms with Gasteiger partial charge in [-0.2, -0.15) is 0 Å². The quantitative estimate of drug-likeness (QED) is 0.167. The van der Waals surface area contributed by atoms with Crippen LogP contribution >= 0.6 is 0 Å².